The van der Waals surface area contributed by atoms with Crippen LogP contribution in [0.2, 0.25) is 0 Å². The molecule has 0 saturated carbocycles. The van der Waals surface area contributed by atoms with Crippen LogP contribution in [-0.2, 0) is 4.79 Å². The highest BCUT2D eigenvalue weighted by atomic mass is 16.1. The summed E-state index contributed by atoms with van der Waals surface area (Å²) >= 11 is 0. The summed E-state index contributed by atoms with van der Waals surface area (Å²) in [7, 11) is 0. The van der Waals surface area contributed by atoms with Gasteiger partial charge in [-0.2, -0.15) is 0 Å². The maximum absolute atomic E-state index is 10.7. The van der Waals surface area contributed by atoms with E-state index < -0.39 is 0 Å². The third-order valence-electron chi connectivity index (χ3n) is 1.06. The smallest absolute Gasteiger partial charge is 0.221 e. The molecule has 0 aliphatic carbocycles. The molecule has 2 heteroatoms. The van der Waals surface area contributed by atoms with Crippen LogP contribution in [0.5, 0.6) is 0 Å². The minimum Gasteiger partial charge on any atom is -0.326 e. The summed E-state index contributed by atoms with van der Waals surface area (Å²) in [6, 6.07) is 9.11. The second-order valence-electron chi connectivity index (χ2n) is 1.91. The SMILES string of the molecule is [2H]CC(=O)Nc1ccccc1. The number of carbonyl (C=O) groups excluding carboxylic acids is 1. The van der Waals surface area contributed by atoms with Gasteiger partial charge in [0, 0.05) is 14.0 Å². The van der Waals surface area contributed by atoms with E-state index in [-0.39, 0.29) is 12.8 Å². The highest BCUT2D eigenvalue weighted by Gasteiger charge is 1.90. The van der Waals surface area contributed by atoms with E-state index in [0.717, 1.165) is 5.69 Å². The second kappa shape index (κ2) is 3.01. The van der Waals surface area contributed by atoms with Gasteiger partial charge in [0.25, 0.3) is 0 Å². The number of rotatable bonds is 1. The van der Waals surface area contributed by atoms with Crippen molar-refractivity contribution in [1.29, 1.82) is 0 Å². The third-order valence-corrected chi connectivity index (χ3v) is 1.06. The molecule has 0 radical (unpaired) electrons. The molecule has 0 unspecified atom stereocenters. The van der Waals surface area contributed by atoms with Crippen LogP contribution in [0.15, 0.2) is 30.3 Å². The topological polar surface area (TPSA) is 29.1 Å². The number of carbonyl (C=O) groups is 1. The maximum atomic E-state index is 10.7. The molecule has 0 heterocycles. The molecule has 0 aliphatic heterocycles. The van der Waals surface area contributed by atoms with Crippen LogP contribution in [0.1, 0.15) is 8.27 Å². The van der Waals surface area contributed by atoms with Crippen molar-refractivity contribution in [2.75, 3.05) is 5.32 Å². The molecule has 10 heavy (non-hydrogen) atoms. The quantitative estimate of drug-likeness (QED) is 0.624. The Kier molecular flexibility index (Phi) is 1.65. The van der Waals surface area contributed by atoms with Crippen molar-refractivity contribution in [3.63, 3.8) is 0 Å². The van der Waals surface area contributed by atoms with Crippen LogP contribution in [-0.4, -0.2) is 5.91 Å². The zero-order valence-corrected chi connectivity index (χ0v) is 5.50. The molecule has 1 N–H and O–H groups in total. The van der Waals surface area contributed by atoms with Crippen LogP contribution in [0, 0.1) is 0 Å². The molecule has 0 aliphatic rings. The van der Waals surface area contributed by atoms with Crippen LogP contribution >= 0.6 is 0 Å². The zero-order valence-electron chi connectivity index (χ0n) is 6.50. The molecule has 1 aromatic rings. The van der Waals surface area contributed by atoms with Gasteiger partial charge in [-0.25, -0.2) is 0 Å². The van der Waals surface area contributed by atoms with Gasteiger partial charge in [-0.3, -0.25) is 4.79 Å². The molecule has 52 valence electrons. The lowest BCUT2D eigenvalue weighted by atomic mass is 10.3. The van der Waals surface area contributed by atoms with E-state index in [4.69, 9.17) is 1.37 Å². The Morgan fingerprint density at radius 1 is 1.50 bits per heavy atom. The number of hydrogen-bond donors (Lipinski definition) is 1. The van der Waals surface area contributed by atoms with Crippen molar-refractivity contribution in [3.8, 4) is 0 Å². The highest BCUT2D eigenvalue weighted by Crippen LogP contribution is 2.03. The average molecular weight is 136 g/mol. The summed E-state index contributed by atoms with van der Waals surface area (Å²) in [6.07, 6.45) is 0. The van der Waals surface area contributed by atoms with Crippen molar-refractivity contribution in [1.82, 2.24) is 0 Å². The van der Waals surface area contributed by atoms with Crippen LogP contribution in [0.3, 0.4) is 0 Å². The van der Waals surface area contributed by atoms with Gasteiger partial charge >= 0.3 is 0 Å². The van der Waals surface area contributed by atoms with E-state index >= 15 is 0 Å². The minimum atomic E-state index is -0.281. The summed E-state index contributed by atoms with van der Waals surface area (Å²) in [6.45, 7) is -0.227. The molecule has 0 atom stereocenters. The number of benzene rings is 1. The Labute approximate surface area is 61.3 Å². The highest BCUT2D eigenvalue weighted by molar-refractivity contribution is 5.88. The van der Waals surface area contributed by atoms with E-state index in [9.17, 15) is 4.79 Å². The van der Waals surface area contributed by atoms with E-state index in [1.807, 2.05) is 18.2 Å². The Bertz CT molecular complexity index is 235. The fourth-order valence-electron chi connectivity index (χ4n) is 0.682. The van der Waals surface area contributed by atoms with Gasteiger partial charge in [0.2, 0.25) is 5.91 Å². The zero-order chi connectivity index (χ0) is 8.10. The fraction of sp³-hybridized carbons (Fsp3) is 0.125. The normalized spacial score (nSPS) is 10.2. The molecule has 2 nitrogen and oxygen atoms in total. The number of para-hydroxylation sites is 1. The first-order valence-corrected chi connectivity index (χ1v) is 2.97. The van der Waals surface area contributed by atoms with Crippen molar-refractivity contribution < 1.29 is 6.17 Å². The Hall–Kier alpha value is -1.31. The fourth-order valence-corrected chi connectivity index (χ4v) is 0.682. The standard InChI is InChI=1S/C8H9NO/c1-7(10)9-8-5-3-2-4-6-8/h2-6H,1H3,(H,9,10)/i1D. The van der Waals surface area contributed by atoms with E-state index in [2.05, 4.69) is 5.32 Å². The number of hydrogen-bond acceptors (Lipinski definition) is 1. The number of anilines is 1. The van der Waals surface area contributed by atoms with Gasteiger partial charge in [0.05, 0.1) is 0 Å². The Balaban J connectivity index is 2.58. The van der Waals surface area contributed by atoms with Gasteiger partial charge in [0.15, 0.2) is 0 Å². The van der Waals surface area contributed by atoms with Gasteiger partial charge < -0.3 is 5.32 Å². The lowest BCUT2D eigenvalue weighted by Gasteiger charge is -1.98. The van der Waals surface area contributed by atoms with Gasteiger partial charge in [-0.05, 0) is 12.1 Å². The molecule has 1 amide bonds. The molecule has 0 fully saturated rings. The first-order valence-electron chi connectivity index (χ1n) is 3.68. The first-order chi connectivity index (χ1) is 5.33. The summed E-state index contributed by atoms with van der Waals surface area (Å²) in [5.41, 5.74) is 0.741. The van der Waals surface area contributed by atoms with Gasteiger partial charge in [-0.1, -0.05) is 18.2 Å². The minimum absolute atomic E-state index is 0.227. The lowest BCUT2D eigenvalue weighted by Crippen LogP contribution is -2.04. The summed E-state index contributed by atoms with van der Waals surface area (Å²) in [5, 5.41) is 2.57. The summed E-state index contributed by atoms with van der Waals surface area (Å²) in [5.74, 6) is -0.281. The molecule has 1 aromatic carbocycles. The third kappa shape index (κ3) is 1.90. The molecule has 0 aromatic heterocycles. The van der Waals surface area contributed by atoms with Crippen molar-refractivity contribution >= 4 is 11.6 Å². The number of amides is 1. The van der Waals surface area contributed by atoms with Gasteiger partial charge in [-0.15, -0.1) is 0 Å². The van der Waals surface area contributed by atoms with Crippen molar-refractivity contribution in [2.24, 2.45) is 0 Å². The molecule has 0 spiro atoms. The molecular weight excluding hydrogens is 126 g/mol. The van der Waals surface area contributed by atoms with Crippen molar-refractivity contribution in [3.05, 3.63) is 30.3 Å². The summed E-state index contributed by atoms with van der Waals surface area (Å²) in [4.78, 5) is 10.7. The Morgan fingerprint density at radius 3 is 2.80 bits per heavy atom. The van der Waals surface area contributed by atoms with E-state index in [0.29, 0.717) is 0 Å². The van der Waals surface area contributed by atoms with E-state index in [1.54, 1.807) is 12.1 Å². The summed E-state index contributed by atoms with van der Waals surface area (Å²) < 4.78 is 6.75. The molecular formula is C8H9NO. The van der Waals surface area contributed by atoms with E-state index in [1.165, 1.54) is 0 Å². The largest absolute Gasteiger partial charge is 0.326 e. The monoisotopic (exact) mass is 136 g/mol. The second-order valence-corrected chi connectivity index (χ2v) is 1.91. The average Bonchev–Trinajstić information content (AvgIpc) is 2.06. The molecule has 0 saturated heterocycles. The van der Waals surface area contributed by atoms with Crippen molar-refractivity contribution in [2.45, 2.75) is 6.90 Å². The van der Waals surface area contributed by atoms with Crippen LogP contribution in [0.4, 0.5) is 5.69 Å². The maximum Gasteiger partial charge on any atom is 0.221 e. The first kappa shape index (κ1) is 5.47. The van der Waals surface area contributed by atoms with Crippen LogP contribution in [0.25, 0.3) is 0 Å². The molecule has 0 bridgehead atoms. The number of nitrogens with one attached hydrogen (secondary N) is 1. The Morgan fingerprint density at radius 2 is 2.20 bits per heavy atom. The molecule has 1 rings (SSSR count). The predicted molar refractivity (Wildman–Crippen MR) is 40.7 cm³/mol. The predicted octanol–water partition coefficient (Wildman–Crippen LogP) is 1.64. The van der Waals surface area contributed by atoms with Crippen LogP contribution < -0.4 is 5.32 Å². The van der Waals surface area contributed by atoms with Gasteiger partial charge in [0.1, 0.15) is 0 Å². The lowest BCUT2D eigenvalue weighted by molar-refractivity contribution is -0.114.